The molecule has 0 unspecified atom stereocenters. The van der Waals surface area contributed by atoms with E-state index in [0.29, 0.717) is 0 Å². The molecule has 0 radical (unpaired) electrons. The molecule has 0 atom stereocenters. The summed E-state index contributed by atoms with van der Waals surface area (Å²) in [6.45, 7) is 6.26. The van der Waals surface area contributed by atoms with Crippen LogP contribution in [0.15, 0.2) is 12.2 Å². The number of hydrogen-bond donors (Lipinski definition) is 1. The van der Waals surface area contributed by atoms with Gasteiger partial charge in [0.15, 0.2) is 0 Å². The predicted octanol–water partition coefficient (Wildman–Crippen LogP) is 3.67. The first-order valence-electron chi connectivity index (χ1n) is 5.58. The third-order valence-corrected chi connectivity index (χ3v) is 2.63. The minimum absolute atomic E-state index is 0.549. The third kappa shape index (κ3) is 5.87. The van der Waals surface area contributed by atoms with E-state index in [2.05, 4.69) is 13.0 Å². The molecular weight excluding hydrogens is 160 g/mol. The summed E-state index contributed by atoms with van der Waals surface area (Å²) in [4.78, 5) is 0. The average molecular weight is 184 g/mol. The van der Waals surface area contributed by atoms with Gasteiger partial charge in [-0.25, -0.2) is 0 Å². The predicted molar refractivity (Wildman–Crippen MR) is 58.8 cm³/mol. The lowest BCUT2D eigenvalue weighted by Crippen LogP contribution is -2.22. The van der Waals surface area contributed by atoms with Crippen LogP contribution in [0.25, 0.3) is 0 Å². The number of aliphatic hydroxyl groups is 1. The van der Waals surface area contributed by atoms with Crippen molar-refractivity contribution in [3.63, 3.8) is 0 Å². The quantitative estimate of drug-likeness (QED) is 0.473. The zero-order chi connectivity index (χ0) is 10.2. The van der Waals surface area contributed by atoms with Gasteiger partial charge in [0, 0.05) is 0 Å². The van der Waals surface area contributed by atoms with Crippen molar-refractivity contribution >= 4 is 0 Å². The van der Waals surface area contributed by atoms with E-state index in [1.54, 1.807) is 0 Å². The second-order valence-corrected chi connectivity index (χ2v) is 3.71. The smallest absolute Gasteiger partial charge is 0.0822 e. The lowest BCUT2D eigenvalue weighted by molar-refractivity contribution is 0.0825. The highest BCUT2D eigenvalue weighted by Crippen LogP contribution is 2.16. The van der Waals surface area contributed by atoms with Crippen LogP contribution in [0.3, 0.4) is 0 Å². The first-order chi connectivity index (χ1) is 6.18. The summed E-state index contributed by atoms with van der Waals surface area (Å²) in [5, 5.41) is 9.90. The molecule has 0 aliphatic carbocycles. The Morgan fingerprint density at radius 1 is 1.08 bits per heavy atom. The zero-order valence-electron chi connectivity index (χ0n) is 9.34. The lowest BCUT2D eigenvalue weighted by Gasteiger charge is -2.20. The van der Waals surface area contributed by atoms with Gasteiger partial charge in [0.05, 0.1) is 5.60 Å². The number of rotatable bonds is 7. The minimum Gasteiger partial charge on any atom is -0.386 e. The maximum absolute atomic E-state index is 9.90. The van der Waals surface area contributed by atoms with E-state index < -0.39 is 5.60 Å². The van der Waals surface area contributed by atoms with Gasteiger partial charge in [-0.3, -0.25) is 0 Å². The first-order valence-corrected chi connectivity index (χ1v) is 5.58. The molecule has 0 saturated carbocycles. The molecule has 0 heterocycles. The van der Waals surface area contributed by atoms with E-state index in [4.69, 9.17) is 0 Å². The molecule has 0 aliphatic rings. The summed E-state index contributed by atoms with van der Waals surface area (Å²) < 4.78 is 0. The van der Waals surface area contributed by atoms with E-state index in [0.717, 1.165) is 19.3 Å². The molecule has 1 heteroatoms. The fraction of sp³-hybridized carbons (Fsp3) is 0.833. The SMILES string of the molecule is CCCCC/C=C/C(O)(CC)CC. The van der Waals surface area contributed by atoms with Crippen molar-refractivity contribution in [3.8, 4) is 0 Å². The topological polar surface area (TPSA) is 20.2 Å². The van der Waals surface area contributed by atoms with E-state index in [1.165, 1.54) is 19.3 Å². The summed E-state index contributed by atoms with van der Waals surface area (Å²) in [6.07, 6.45) is 10.6. The van der Waals surface area contributed by atoms with Gasteiger partial charge in [-0.15, -0.1) is 0 Å². The fourth-order valence-electron chi connectivity index (χ4n) is 1.30. The molecule has 1 N–H and O–H groups in total. The zero-order valence-corrected chi connectivity index (χ0v) is 9.34. The van der Waals surface area contributed by atoms with Gasteiger partial charge in [-0.05, 0) is 25.7 Å². The van der Waals surface area contributed by atoms with E-state index >= 15 is 0 Å². The van der Waals surface area contributed by atoms with Gasteiger partial charge in [-0.2, -0.15) is 0 Å². The molecule has 0 fully saturated rings. The molecule has 0 aromatic heterocycles. The van der Waals surface area contributed by atoms with Crippen molar-refractivity contribution in [3.05, 3.63) is 12.2 Å². The van der Waals surface area contributed by atoms with Crippen LogP contribution in [0.2, 0.25) is 0 Å². The second kappa shape index (κ2) is 7.14. The molecule has 1 nitrogen and oxygen atoms in total. The van der Waals surface area contributed by atoms with Crippen LogP contribution in [0.1, 0.15) is 59.3 Å². The van der Waals surface area contributed by atoms with Gasteiger partial charge >= 0.3 is 0 Å². The van der Waals surface area contributed by atoms with Crippen molar-refractivity contribution in [1.82, 2.24) is 0 Å². The average Bonchev–Trinajstić information content (AvgIpc) is 2.17. The maximum atomic E-state index is 9.90. The van der Waals surface area contributed by atoms with Crippen LogP contribution < -0.4 is 0 Å². The lowest BCUT2D eigenvalue weighted by atomic mass is 9.96. The van der Waals surface area contributed by atoms with Crippen LogP contribution in [-0.2, 0) is 0 Å². The van der Waals surface area contributed by atoms with Crippen molar-refractivity contribution in [2.75, 3.05) is 0 Å². The van der Waals surface area contributed by atoms with Crippen LogP contribution in [-0.4, -0.2) is 10.7 Å². The molecule has 0 aromatic carbocycles. The standard InChI is InChI=1S/C12H24O/c1-4-7-8-9-10-11-12(13,5-2)6-3/h10-11,13H,4-9H2,1-3H3/b11-10+. The van der Waals surface area contributed by atoms with Crippen molar-refractivity contribution in [2.24, 2.45) is 0 Å². The summed E-state index contributed by atoms with van der Waals surface area (Å²) in [5.41, 5.74) is -0.549. The van der Waals surface area contributed by atoms with Crippen molar-refractivity contribution in [1.29, 1.82) is 0 Å². The largest absolute Gasteiger partial charge is 0.386 e. The summed E-state index contributed by atoms with van der Waals surface area (Å²) in [7, 11) is 0. The molecule has 0 amide bonds. The molecule has 0 aliphatic heterocycles. The Labute approximate surface area is 82.9 Å². The van der Waals surface area contributed by atoms with Crippen molar-refractivity contribution < 1.29 is 5.11 Å². The van der Waals surface area contributed by atoms with E-state index in [1.807, 2.05) is 19.9 Å². The highest BCUT2D eigenvalue weighted by Gasteiger charge is 2.16. The molecule has 13 heavy (non-hydrogen) atoms. The first kappa shape index (κ1) is 12.7. The second-order valence-electron chi connectivity index (χ2n) is 3.71. The van der Waals surface area contributed by atoms with Crippen LogP contribution >= 0.6 is 0 Å². The van der Waals surface area contributed by atoms with Crippen LogP contribution in [0, 0.1) is 0 Å². The Bertz CT molecular complexity index is 134. The third-order valence-electron chi connectivity index (χ3n) is 2.63. The Morgan fingerprint density at radius 2 is 1.69 bits per heavy atom. The molecule has 0 rings (SSSR count). The van der Waals surface area contributed by atoms with Gasteiger partial charge in [0.25, 0.3) is 0 Å². The number of hydrogen-bond acceptors (Lipinski definition) is 1. The highest BCUT2D eigenvalue weighted by molar-refractivity contribution is 4.99. The van der Waals surface area contributed by atoms with Gasteiger partial charge in [0.1, 0.15) is 0 Å². The Morgan fingerprint density at radius 3 is 2.15 bits per heavy atom. The van der Waals surface area contributed by atoms with Crippen LogP contribution in [0.5, 0.6) is 0 Å². The normalized spacial score (nSPS) is 12.6. The Kier molecular flexibility index (Phi) is 6.97. The summed E-state index contributed by atoms with van der Waals surface area (Å²) in [5.74, 6) is 0. The molecular formula is C12H24O. The molecule has 0 bridgehead atoms. The monoisotopic (exact) mass is 184 g/mol. The Balaban J connectivity index is 3.67. The number of allylic oxidation sites excluding steroid dienone is 1. The molecule has 0 saturated heterocycles. The maximum Gasteiger partial charge on any atom is 0.0822 e. The number of unbranched alkanes of at least 4 members (excludes halogenated alkanes) is 3. The van der Waals surface area contributed by atoms with Gasteiger partial charge in [-0.1, -0.05) is 45.8 Å². The van der Waals surface area contributed by atoms with Crippen LogP contribution in [0.4, 0.5) is 0 Å². The van der Waals surface area contributed by atoms with E-state index in [9.17, 15) is 5.11 Å². The molecule has 0 aromatic rings. The highest BCUT2D eigenvalue weighted by atomic mass is 16.3. The Hall–Kier alpha value is -0.300. The minimum atomic E-state index is -0.549. The molecule has 0 spiro atoms. The summed E-state index contributed by atoms with van der Waals surface area (Å²) in [6, 6.07) is 0. The van der Waals surface area contributed by atoms with Crippen molar-refractivity contribution in [2.45, 2.75) is 64.9 Å². The van der Waals surface area contributed by atoms with E-state index in [-0.39, 0.29) is 0 Å². The van der Waals surface area contributed by atoms with Gasteiger partial charge in [0.2, 0.25) is 0 Å². The molecule has 78 valence electrons. The fourth-order valence-corrected chi connectivity index (χ4v) is 1.30. The summed E-state index contributed by atoms with van der Waals surface area (Å²) >= 11 is 0. The van der Waals surface area contributed by atoms with Gasteiger partial charge < -0.3 is 5.11 Å².